The predicted octanol–water partition coefficient (Wildman–Crippen LogP) is 2.26. The average Bonchev–Trinajstić information content (AvgIpc) is 2.37. The zero-order valence-corrected chi connectivity index (χ0v) is 14.0. The Kier molecular flexibility index (Phi) is 6.64. The molecular formula is C15H26N2O3S. The molecule has 1 aromatic rings. The van der Waals surface area contributed by atoms with Crippen LogP contribution in [0.25, 0.3) is 0 Å². The predicted molar refractivity (Wildman–Crippen MR) is 84.7 cm³/mol. The fourth-order valence-electron chi connectivity index (χ4n) is 2.27. The third-order valence-corrected chi connectivity index (χ3v) is 4.63. The van der Waals surface area contributed by atoms with Gasteiger partial charge in [-0.05, 0) is 44.4 Å². The van der Waals surface area contributed by atoms with E-state index in [0.29, 0.717) is 23.8 Å². The van der Waals surface area contributed by atoms with Crippen LogP contribution in [0.3, 0.4) is 0 Å². The van der Waals surface area contributed by atoms with Gasteiger partial charge in [0.1, 0.15) is 5.75 Å². The van der Waals surface area contributed by atoms with Crippen LogP contribution in [-0.2, 0) is 16.6 Å². The van der Waals surface area contributed by atoms with Crippen LogP contribution < -0.4 is 15.2 Å². The van der Waals surface area contributed by atoms with E-state index in [1.807, 2.05) is 13.8 Å². The molecule has 5 nitrogen and oxygen atoms in total. The summed E-state index contributed by atoms with van der Waals surface area (Å²) >= 11 is 0. The highest BCUT2D eigenvalue weighted by Crippen LogP contribution is 2.22. The number of hydrogen-bond donors (Lipinski definition) is 2. The van der Waals surface area contributed by atoms with Gasteiger partial charge in [-0.15, -0.1) is 0 Å². The topological polar surface area (TPSA) is 81.4 Å². The van der Waals surface area contributed by atoms with Crippen molar-refractivity contribution in [2.45, 2.75) is 51.6 Å². The molecule has 1 unspecified atom stereocenters. The molecule has 0 bridgehead atoms. The molecule has 0 spiro atoms. The Labute approximate surface area is 127 Å². The lowest BCUT2D eigenvalue weighted by atomic mass is 10.1. The summed E-state index contributed by atoms with van der Waals surface area (Å²) in [6.45, 7) is 8.63. The first kappa shape index (κ1) is 17.9. The second-order valence-electron chi connectivity index (χ2n) is 5.56. The van der Waals surface area contributed by atoms with Gasteiger partial charge >= 0.3 is 0 Å². The van der Waals surface area contributed by atoms with Gasteiger partial charge in [-0.2, -0.15) is 0 Å². The third kappa shape index (κ3) is 5.30. The first-order valence-corrected chi connectivity index (χ1v) is 8.76. The molecule has 0 saturated carbocycles. The van der Waals surface area contributed by atoms with Gasteiger partial charge in [-0.1, -0.05) is 13.8 Å². The minimum Gasteiger partial charge on any atom is -0.494 e. The van der Waals surface area contributed by atoms with Crippen LogP contribution >= 0.6 is 0 Å². The zero-order chi connectivity index (χ0) is 16.0. The van der Waals surface area contributed by atoms with Crippen molar-refractivity contribution in [2.75, 3.05) is 6.61 Å². The van der Waals surface area contributed by atoms with Crippen molar-refractivity contribution in [3.05, 3.63) is 23.8 Å². The summed E-state index contributed by atoms with van der Waals surface area (Å²) in [6.07, 6.45) is 0.792. The molecule has 1 rings (SSSR count). The van der Waals surface area contributed by atoms with Crippen LogP contribution in [-0.4, -0.2) is 21.1 Å². The molecular weight excluding hydrogens is 288 g/mol. The summed E-state index contributed by atoms with van der Waals surface area (Å²) in [5, 5.41) is 0. The van der Waals surface area contributed by atoms with E-state index in [2.05, 4.69) is 18.6 Å². The van der Waals surface area contributed by atoms with Gasteiger partial charge in [-0.25, -0.2) is 13.1 Å². The van der Waals surface area contributed by atoms with Gasteiger partial charge in [0.2, 0.25) is 10.0 Å². The van der Waals surface area contributed by atoms with Gasteiger partial charge < -0.3 is 10.5 Å². The molecule has 0 heterocycles. The molecule has 1 atom stereocenters. The Hall–Kier alpha value is -1.11. The monoisotopic (exact) mass is 314 g/mol. The number of rotatable bonds is 8. The maximum atomic E-state index is 12.4. The molecule has 1 aromatic carbocycles. The lowest BCUT2D eigenvalue weighted by Crippen LogP contribution is -2.33. The van der Waals surface area contributed by atoms with Crippen LogP contribution in [0.5, 0.6) is 5.75 Å². The largest absolute Gasteiger partial charge is 0.494 e. The van der Waals surface area contributed by atoms with Gasteiger partial charge in [0, 0.05) is 18.2 Å². The van der Waals surface area contributed by atoms with Gasteiger partial charge in [0.25, 0.3) is 0 Å². The van der Waals surface area contributed by atoms with E-state index < -0.39 is 10.0 Å². The smallest absolute Gasteiger partial charge is 0.240 e. The van der Waals surface area contributed by atoms with Crippen LogP contribution in [0, 0.1) is 5.92 Å². The van der Waals surface area contributed by atoms with Crippen LogP contribution in [0.15, 0.2) is 23.1 Å². The maximum Gasteiger partial charge on any atom is 0.240 e. The Morgan fingerprint density at radius 1 is 1.29 bits per heavy atom. The fourth-order valence-corrected chi connectivity index (χ4v) is 3.57. The summed E-state index contributed by atoms with van der Waals surface area (Å²) in [4.78, 5) is 0.224. The maximum absolute atomic E-state index is 12.4. The van der Waals surface area contributed by atoms with E-state index in [4.69, 9.17) is 10.5 Å². The molecule has 0 amide bonds. The van der Waals surface area contributed by atoms with Crippen LogP contribution in [0.4, 0.5) is 0 Å². The van der Waals surface area contributed by atoms with Crippen molar-refractivity contribution in [3.63, 3.8) is 0 Å². The molecule has 0 radical (unpaired) electrons. The molecule has 21 heavy (non-hydrogen) atoms. The normalized spacial score (nSPS) is 13.4. The SMILES string of the molecule is CCOc1ccc(S(=O)(=O)NC(C)CC(C)C)cc1CN. The van der Waals surface area contributed by atoms with Gasteiger partial charge in [-0.3, -0.25) is 0 Å². The van der Waals surface area contributed by atoms with Crippen molar-refractivity contribution in [3.8, 4) is 5.75 Å². The number of hydrogen-bond acceptors (Lipinski definition) is 4. The molecule has 3 N–H and O–H groups in total. The van der Waals surface area contributed by atoms with Crippen LogP contribution in [0.2, 0.25) is 0 Å². The van der Waals surface area contributed by atoms with E-state index in [-0.39, 0.29) is 17.5 Å². The number of sulfonamides is 1. The first-order chi connectivity index (χ1) is 9.80. The van der Waals surface area contributed by atoms with Crippen molar-refractivity contribution in [1.29, 1.82) is 0 Å². The zero-order valence-electron chi connectivity index (χ0n) is 13.2. The third-order valence-electron chi connectivity index (χ3n) is 3.04. The second-order valence-corrected chi connectivity index (χ2v) is 7.27. The molecule has 0 fully saturated rings. The summed E-state index contributed by atoms with van der Waals surface area (Å²) in [5.41, 5.74) is 6.36. The van der Waals surface area contributed by atoms with Gasteiger partial charge in [0.15, 0.2) is 0 Å². The number of ether oxygens (including phenoxy) is 1. The van der Waals surface area contributed by atoms with E-state index in [1.54, 1.807) is 18.2 Å². The van der Waals surface area contributed by atoms with Crippen molar-refractivity contribution in [1.82, 2.24) is 4.72 Å². The first-order valence-electron chi connectivity index (χ1n) is 7.28. The van der Waals surface area contributed by atoms with Crippen molar-refractivity contribution in [2.24, 2.45) is 11.7 Å². The van der Waals surface area contributed by atoms with Crippen molar-refractivity contribution < 1.29 is 13.2 Å². The minimum atomic E-state index is -3.53. The Balaban J connectivity index is 2.98. The highest BCUT2D eigenvalue weighted by Gasteiger charge is 2.19. The van der Waals surface area contributed by atoms with E-state index in [1.165, 1.54) is 0 Å². The van der Waals surface area contributed by atoms with Crippen molar-refractivity contribution >= 4 is 10.0 Å². The lowest BCUT2D eigenvalue weighted by molar-refractivity contribution is 0.336. The summed E-state index contributed by atoms with van der Waals surface area (Å²) in [6, 6.07) is 4.68. The Bertz CT molecular complexity index is 556. The summed E-state index contributed by atoms with van der Waals surface area (Å²) < 4.78 is 32.9. The highest BCUT2D eigenvalue weighted by atomic mass is 32.2. The second kappa shape index (κ2) is 7.77. The highest BCUT2D eigenvalue weighted by molar-refractivity contribution is 7.89. The van der Waals surface area contributed by atoms with E-state index in [0.717, 1.165) is 6.42 Å². The molecule has 6 heteroatoms. The van der Waals surface area contributed by atoms with Crippen LogP contribution in [0.1, 0.15) is 39.7 Å². The lowest BCUT2D eigenvalue weighted by Gasteiger charge is -2.17. The standard InChI is InChI=1S/C15H26N2O3S/c1-5-20-15-7-6-14(9-13(15)10-16)21(18,19)17-12(4)8-11(2)3/h6-7,9,11-12,17H,5,8,10,16H2,1-4H3. The number of benzene rings is 1. The molecule has 0 aliphatic heterocycles. The summed E-state index contributed by atoms with van der Waals surface area (Å²) in [5.74, 6) is 1.07. The molecule has 0 saturated heterocycles. The summed E-state index contributed by atoms with van der Waals surface area (Å²) in [7, 11) is -3.53. The molecule has 0 aromatic heterocycles. The van der Waals surface area contributed by atoms with E-state index in [9.17, 15) is 8.42 Å². The Morgan fingerprint density at radius 3 is 2.48 bits per heavy atom. The van der Waals surface area contributed by atoms with E-state index >= 15 is 0 Å². The fraction of sp³-hybridized carbons (Fsp3) is 0.600. The quantitative estimate of drug-likeness (QED) is 0.771. The molecule has 120 valence electrons. The average molecular weight is 314 g/mol. The minimum absolute atomic E-state index is 0.108. The molecule has 0 aliphatic carbocycles. The number of nitrogens with one attached hydrogen (secondary N) is 1. The number of nitrogens with two attached hydrogens (primary N) is 1. The van der Waals surface area contributed by atoms with Gasteiger partial charge in [0.05, 0.1) is 11.5 Å². The molecule has 0 aliphatic rings. The Morgan fingerprint density at radius 2 is 1.95 bits per heavy atom.